The molecule has 2 aromatic heterocycles. The second-order valence-corrected chi connectivity index (χ2v) is 7.16. The summed E-state index contributed by atoms with van der Waals surface area (Å²) in [6.45, 7) is 1.85. The summed E-state index contributed by atoms with van der Waals surface area (Å²) in [6, 6.07) is 15.7. The molecule has 28 heavy (non-hydrogen) atoms. The van der Waals surface area contributed by atoms with Crippen LogP contribution in [0.4, 0.5) is 0 Å². The van der Waals surface area contributed by atoms with E-state index >= 15 is 0 Å². The van der Waals surface area contributed by atoms with Gasteiger partial charge in [-0.25, -0.2) is 0 Å². The fraction of sp³-hybridized carbons (Fsp3) is 0.318. The van der Waals surface area contributed by atoms with E-state index < -0.39 is 6.10 Å². The molecule has 3 heterocycles. The number of amides is 1. The van der Waals surface area contributed by atoms with Crippen molar-refractivity contribution in [1.82, 2.24) is 19.7 Å². The number of hydrogen-bond donors (Lipinski definition) is 1. The molecule has 6 nitrogen and oxygen atoms in total. The molecule has 1 N–H and O–H groups in total. The summed E-state index contributed by atoms with van der Waals surface area (Å²) in [7, 11) is 0. The predicted molar refractivity (Wildman–Crippen MR) is 105 cm³/mol. The van der Waals surface area contributed by atoms with Crippen LogP contribution in [0, 0.1) is 0 Å². The number of pyridine rings is 1. The summed E-state index contributed by atoms with van der Waals surface area (Å²) in [4.78, 5) is 18.5. The number of carbonyl (C=O) groups excluding carboxylic acids is 1. The first-order valence-electron chi connectivity index (χ1n) is 9.64. The maximum atomic E-state index is 12.6. The largest absolute Gasteiger partial charge is 0.386 e. The number of benzene rings is 1. The fourth-order valence-corrected chi connectivity index (χ4v) is 3.57. The molecule has 0 radical (unpaired) electrons. The van der Waals surface area contributed by atoms with Gasteiger partial charge in [0.05, 0.1) is 24.5 Å². The Morgan fingerprint density at radius 3 is 2.64 bits per heavy atom. The number of carbonyl (C=O) groups is 1. The molecule has 1 amide bonds. The van der Waals surface area contributed by atoms with Gasteiger partial charge in [0, 0.05) is 31.8 Å². The summed E-state index contributed by atoms with van der Waals surface area (Å²) >= 11 is 0. The van der Waals surface area contributed by atoms with Crippen LogP contribution in [0.3, 0.4) is 0 Å². The van der Waals surface area contributed by atoms with Crippen LogP contribution in [0.25, 0.3) is 0 Å². The highest BCUT2D eigenvalue weighted by Crippen LogP contribution is 2.21. The van der Waals surface area contributed by atoms with Gasteiger partial charge in [0.2, 0.25) is 5.91 Å². The Morgan fingerprint density at radius 1 is 1.07 bits per heavy atom. The Labute approximate surface area is 164 Å². The van der Waals surface area contributed by atoms with Gasteiger partial charge in [0.25, 0.3) is 0 Å². The van der Waals surface area contributed by atoms with Gasteiger partial charge >= 0.3 is 0 Å². The molecule has 3 aromatic rings. The second kappa shape index (κ2) is 8.35. The Morgan fingerprint density at radius 2 is 1.86 bits per heavy atom. The molecule has 0 saturated carbocycles. The molecule has 1 aliphatic heterocycles. The van der Waals surface area contributed by atoms with Crippen LogP contribution in [0.5, 0.6) is 0 Å². The van der Waals surface area contributed by atoms with E-state index in [0.29, 0.717) is 38.2 Å². The number of aryl methyl sites for hydroxylation is 1. The van der Waals surface area contributed by atoms with Crippen LogP contribution < -0.4 is 0 Å². The van der Waals surface area contributed by atoms with Gasteiger partial charge in [-0.3, -0.25) is 14.5 Å². The molecule has 4 rings (SSSR count). The van der Waals surface area contributed by atoms with Gasteiger partial charge in [-0.1, -0.05) is 30.3 Å². The van der Waals surface area contributed by atoms with Gasteiger partial charge in [-0.05, 0) is 35.7 Å². The highest BCUT2D eigenvalue weighted by atomic mass is 16.3. The zero-order valence-electron chi connectivity index (χ0n) is 15.7. The van der Waals surface area contributed by atoms with Gasteiger partial charge in [-0.15, -0.1) is 0 Å². The van der Waals surface area contributed by atoms with E-state index in [0.717, 1.165) is 23.2 Å². The summed E-state index contributed by atoms with van der Waals surface area (Å²) in [5.41, 5.74) is 3.85. The Kier molecular flexibility index (Phi) is 5.48. The van der Waals surface area contributed by atoms with Crippen LogP contribution >= 0.6 is 0 Å². The smallest absolute Gasteiger partial charge is 0.223 e. The predicted octanol–water partition coefficient (Wildman–Crippen LogP) is 2.53. The summed E-state index contributed by atoms with van der Waals surface area (Å²) < 4.78 is 1.91. The maximum absolute atomic E-state index is 12.6. The molecular formula is C22H24N4O2. The van der Waals surface area contributed by atoms with E-state index in [1.54, 1.807) is 12.4 Å². The molecule has 1 unspecified atom stereocenters. The first-order chi connectivity index (χ1) is 13.7. The first-order valence-corrected chi connectivity index (χ1v) is 9.64. The highest BCUT2D eigenvalue weighted by molar-refractivity contribution is 5.76. The molecule has 1 atom stereocenters. The molecule has 0 aliphatic carbocycles. The molecule has 1 aromatic carbocycles. The zero-order valence-corrected chi connectivity index (χ0v) is 15.7. The van der Waals surface area contributed by atoms with Crippen LogP contribution in [0.15, 0.2) is 60.9 Å². The van der Waals surface area contributed by atoms with Crippen molar-refractivity contribution in [2.45, 2.75) is 38.5 Å². The lowest BCUT2D eigenvalue weighted by molar-refractivity contribution is -0.132. The molecule has 0 saturated heterocycles. The van der Waals surface area contributed by atoms with E-state index in [1.165, 1.54) is 0 Å². The minimum Gasteiger partial charge on any atom is -0.386 e. The van der Waals surface area contributed by atoms with Crippen molar-refractivity contribution < 1.29 is 9.90 Å². The minimum absolute atomic E-state index is 0.149. The lowest BCUT2D eigenvalue weighted by Crippen LogP contribution is -2.38. The number of nitrogens with zero attached hydrogens (tertiary/aromatic N) is 4. The van der Waals surface area contributed by atoms with Crippen molar-refractivity contribution in [3.05, 3.63) is 83.4 Å². The third kappa shape index (κ3) is 4.28. The summed E-state index contributed by atoms with van der Waals surface area (Å²) in [6.07, 6.45) is 4.60. The van der Waals surface area contributed by atoms with Crippen molar-refractivity contribution in [1.29, 1.82) is 0 Å². The zero-order chi connectivity index (χ0) is 19.3. The SMILES string of the molecule is O=C(CCc1ccncc1)N1CCn2nc(C(O)Cc3ccccc3)cc2C1. The quantitative estimate of drug-likeness (QED) is 0.718. The number of aliphatic hydroxyl groups excluding tert-OH is 1. The monoisotopic (exact) mass is 376 g/mol. The Hall–Kier alpha value is -2.99. The van der Waals surface area contributed by atoms with E-state index in [2.05, 4.69) is 10.1 Å². The van der Waals surface area contributed by atoms with Gasteiger partial charge < -0.3 is 10.0 Å². The molecular weight excluding hydrogens is 352 g/mol. The number of hydrogen-bond acceptors (Lipinski definition) is 4. The molecule has 0 spiro atoms. The summed E-state index contributed by atoms with van der Waals surface area (Å²) in [5.74, 6) is 0.149. The Balaban J connectivity index is 1.36. The standard InChI is InChI=1S/C22H24N4O2/c27-21(14-18-4-2-1-3-5-18)20-15-19-16-25(12-13-26(19)24-20)22(28)7-6-17-8-10-23-11-9-17/h1-5,8-11,15,21,27H,6-7,12-14,16H2. The molecule has 144 valence electrons. The molecule has 0 fully saturated rings. The van der Waals surface area contributed by atoms with Crippen LogP contribution in [-0.4, -0.2) is 37.2 Å². The first kappa shape index (κ1) is 18.4. The van der Waals surface area contributed by atoms with Crippen LogP contribution in [0.1, 0.15) is 35.0 Å². The van der Waals surface area contributed by atoms with Gasteiger partial charge in [0.1, 0.15) is 6.10 Å². The fourth-order valence-electron chi connectivity index (χ4n) is 3.57. The van der Waals surface area contributed by atoms with Crippen molar-refractivity contribution >= 4 is 5.91 Å². The van der Waals surface area contributed by atoms with E-state index in [1.807, 2.05) is 58.1 Å². The third-order valence-electron chi connectivity index (χ3n) is 5.16. The average Bonchev–Trinajstić information content (AvgIpc) is 3.17. The second-order valence-electron chi connectivity index (χ2n) is 7.16. The third-order valence-corrected chi connectivity index (χ3v) is 5.16. The molecule has 6 heteroatoms. The normalized spacial score (nSPS) is 14.5. The summed E-state index contributed by atoms with van der Waals surface area (Å²) in [5, 5.41) is 15.1. The van der Waals surface area contributed by atoms with Gasteiger partial charge in [0.15, 0.2) is 0 Å². The number of aliphatic hydroxyl groups is 1. The average molecular weight is 376 g/mol. The van der Waals surface area contributed by atoms with Crippen LogP contribution in [0.2, 0.25) is 0 Å². The van der Waals surface area contributed by atoms with E-state index in [9.17, 15) is 9.90 Å². The molecule has 1 aliphatic rings. The van der Waals surface area contributed by atoms with E-state index in [-0.39, 0.29) is 5.91 Å². The van der Waals surface area contributed by atoms with Crippen molar-refractivity contribution in [2.24, 2.45) is 0 Å². The van der Waals surface area contributed by atoms with Crippen molar-refractivity contribution in [2.75, 3.05) is 6.54 Å². The van der Waals surface area contributed by atoms with E-state index in [4.69, 9.17) is 0 Å². The number of rotatable bonds is 6. The lowest BCUT2D eigenvalue weighted by Gasteiger charge is -2.27. The Bertz CT molecular complexity index is 924. The highest BCUT2D eigenvalue weighted by Gasteiger charge is 2.24. The maximum Gasteiger partial charge on any atom is 0.223 e. The number of fused-ring (bicyclic) bond motifs is 1. The van der Waals surface area contributed by atoms with Crippen molar-refractivity contribution in [3.8, 4) is 0 Å². The van der Waals surface area contributed by atoms with Crippen molar-refractivity contribution in [3.63, 3.8) is 0 Å². The number of aromatic nitrogens is 3. The topological polar surface area (TPSA) is 71.2 Å². The minimum atomic E-state index is -0.642. The lowest BCUT2D eigenvalue weighted by atomic mass is 10.1. The molecule has 0 bridgehead atoms. The van der Waals surface area contributed by atoms with Gasteiger partial charge in [-0.2, -0.15) is 5.10 Å². The van der Waals surface area contributed by atoms with Crippen LogP contribution in [-0.2, 0) is 30.7 Å².